The molecule has 0 saturated heterocycles. The molecule has 0 radical (unpaired) electrons. The zero-order valence-electron chi connectivity index (χ0n) is 23.1. The number of hydrogen-bond acceptors (Lipinski definition) is 2. The third kappa shape index (κ3) is 7.40. The molecule has 0 fully saturated rings. The second-order valence-electron chi connectivity index (χ2n) is 10.1. The van der Waals surface area contributed by atoms with Crippen molar-refractivity contribution < 1.29 is 35.9 Å². The molecule has 226 valence electrons. The molecule has 0 aliphatic rings. The third-order valence-electron chi connectivity index (χ3n) is 6.98. The molecule has 0 bridgehead atoms. The maximum atomic E-state index is 13.5. The van der Waals surface area contributed by atoms with E-state index in [-0.39, 0.29) is 12.5 Å². The van der Waals surface area contributed by atoms with Gasteiger partial charge in [0.05, 0.1) is 17.2 Å². The maximum Gasteiger partial charge on any atom is 0.416 e. The lowest BCUT2D eigenvalue weighted by Crippen LogP contribution is -2.37. The van der Waals surface area contributed by atoms with E-state index in [4.69, 9.17) is 11.6 Å². The number of nitrogens with one attached hydrogen (secondary N) is 1. The molecule has 4 rings (SSSR count). The first-order valence-electron chi connectivity index (χ1n) is 12.9. The number of aryl methyl sites for hydroxylation is 2. The van der Waals surface area contributed by atoms with Gasteiger partial charge < -0.3 is 14.8 Å². The topological polar surface area (TPSA) is 54.3 Å². The summed E-state index contributed by atoms with van der Waals surface area (Å²) < 4.78 is 82.7. The highest BCUT2D eigenvalue weighted by Gasteiger charge is 2.38. The van der Waals surface area contributed by atoms with Crippen LogP contribution in [0.1, 0.15) is 32.6 Å². The predicted octanol–water partition coefficient (Wildman–Crippen LogP) is 8.06. The largest absolute Gasteiger partial charge is 0.416 e. The van der Waals surface area contributed by atoms with Crippen LogP contribution in [0.15, 0.2) is 79.0 Å². The van der Waals surface area contributed by atoms with Gasteiger partial charge in [0.1, 0.15) is 0 Å². The van der Waals surface area contributed by atoms with E-state index in [1.807, 2.05) is 42.1 Å². The van der Waals surface area contributed by atoms with E-state index in [9.17, 15) is 35.9 Å². The highest BCUT2D eigenvalue weighted by atomic mass is 35.5. The molecule has 0 spiro atoms. The van der Waals surface area contributed by atoms with Crippen molar-refractivity contribution in [3.63, 3.8) is 0 Å². The Morgan fingerprint density at radius 2 is 1.60 bits per heavy atom. The monoisotopic (exact) mass is 621 g/mol. The number of alkyl halides is 6. The Morgan fingerprint density at radius 3 is 2.21 bits per heavy atom. The van der Waals surface area contributed by atoms with Gasteiger partial charge in [-0.25, -0.2) is 0 Å². The van der Waals surface area contributed by atoms with E-state index < -0.39 is 46.9 Å². The Hall–Kier alpha value is -4.25. The van der Waals surface area contributed by atoms with E-state index in [1.165, 1.54) is 19.2 Å². The van der Waals surface area contributed by atoms with Crippen molar-refractivity contribution in [2.24, 2.45) is 7.05 Å². The lowest BCUT2D eigenvalue weighted by Gasteiger charge is -2.27. The summed E-state index contributed by atoms with van der Waals surface area (Å²) in [7, 11) is 3.08. The maximum absolute atomic E-state index is 13.5. The van der Waals surface area contributed by atoms with Crippen LogP contribution in [0.5, 0.6) is 0 Å². The Kier molecular flexibility index (Phi) is 8.96. The summed E-state index contributed by atoms with van der Waals surface area (Å²) in [6, 6.07) is 12.1. The molecule has 1 aromatic heterocycles. The van der Waals surface area contributed by atoms with E-state index in [0.29, 0.717) is 28.4 Å². The number of nitrogens with zero attached hydrogens (tertiary/aromatic N) is 2. The molecule has 1 heterocycles. The summed E-state index contributed by atoms with van der Waals surface area (Å²) in [6.45, 7) is 1.74. The molecule has 0 saturated carbocycles. The third-order valence-corrected chi connectivity index (χ3v) is 7.21. The van der Waals surface area contributed by atoms with Gasteiger partial charge in [0.15, 0.2) is 0 Å². The predicted molar refractivity (Wildman–Crippen MR) is 153 cm³/mol. The molecule has 3 aromatic carbocycles. The number of aromatic nitrogens is 1. The van der Waals surface area contributed by atoms with E-state index >= 15 is 0 Å². The Bertz CT molecular complexity index is 1680. The number of fused-ring (bicyclic) bond motifs is 1. The summed E-state index contributed by atoms with van der Waals surface area (Å²) >= 11 is 5.97. The van der Waals surface area contributed by atoms with E-state index in [0.717, 1.165) is 21.4 Å². The average Bonchev–Trinajstić information content (AvgIpc) is 3.25. The van der Waals surface area contributed by atoms with Gasteiger partial charge >= 0.3 is 12.4 Å². The summed E-state index contributed by atoms with van der Waals surface area (Å²) in [5.74, 6) is -1.65. The highest BCUT2D eigenvalue weighted by Crippen LogP contribution is 2.37. The van der Waals surface area contributed by atoms with Crippen molar-refractivity contribution >= 4 is 40.0 Å². The van der Waals surface area contributed by atoms with Gasteiger partial charge in [-0.1, -0.05) is 35.9 Å². The second kappa shape index (κ2) is 12.2. The minimum atomic E-state index is -5.12. The van der Waals surface area contributed by atoms with Crippen molar-refractivity contribution in [3.8, 4) is 0 Å². The Morgan fingerprint density at radius 1 is 0.977 bits per heavy atom. The van der Waals surface area contributed by atoms with Crippen LogP contribution in [0.4, 0.5) is 32.0 Å². The van der Waals surface area contributed by atoms with Gasteiger partial charge in [0.25, 0.3) is 5.91 Å². The first-order valence-corrected chi connectivity index (χ1v) is 13.3. The molecule has 12 heteroatoms. The number of amides is 2. The quantitative estimate of drug-likeness (QED) is 0.168. The number of carbonyl (C=O) groups is 2. The standard InChI is InChI=1S/C31H26ClF6N3O2/c1-18-12-23(32)8-10-26(18)39-28(42)11-9-24(15-20-17-40(2)27-7-5-4-6-25(20)27)41(3)29(43)19-13-21(30(33,34)35)16-22(14-19)31(36,37)38/h4-14,16-17,24H,15H2,1-3H3,(H,39,42). The first-order chi connectivity index (χ1) is 20.0. The summed E-state index contributed by atoms with van der Waals surface area (Å²) in [6.07, 6.45) is -5.76. The SMILES string of the molecule is Cc1cc(Cl)ccc1NC(=O)C=CC(Cc1cn(C)c2ccccc12)N(C)C(=O)c1cc(C(F)(F)F)cc(C(F)(F)F)c1. The normalized spacial score (nSPS) is 13.0. The van der Waals surface area contributed by atoms with Gasteiger partial charge in [-0.05, 0) is 66.9 Å². The Balaban J connectivity index is 1.71. The van der Waals surface area contributed by atoms with Crippen molar-refractivity contribution in [2.75, 3.05) is 12.4 Å². The highest BCUT2D eigenvalue weighted by molar-refractivity contribution is 6.30. The average molecular weight is 622 g/mol. The van der Waals surface area contributed by atoms with Crippen LogP contribution in [0.2, 0.25) is 5.02 Å². The van der Waals surface area contributed by atoms with Crippen LogP contribution in [0.25, 0.3) is 10.9 Å². The smallest absolute Gasteiger partial charge is 0.350 e. The molecule has 0 aliphatic carbocycles. The molecular weight excluding hydrogens is 596 g/mol. The molecule has 5 nitrogen and oxygen atoms in total. The number of rotatable bonds is 7. The molecule has 0 aliphatic heterocycles. The van der Waals surface area contributed by atoms with Crippen LogP contribution in [0.3, 0.4) is 0 Å². The fraction of sp³-hybridized carbons (Fsp3) is 0.226. The molecule has 1 N–H and O–H groups in total. The summed E-state index contributed by atoms with van der Waals surface area (Å²) in [5.41, 5.74) is -1.19. The molecule has 4 aromatic rings. The minimum absolute atomic E-state index is 0.0344. The van der Waals surface area contributed by atoms with Gasteiger partial charge in [-0.2, -0.15) is 26.3 Å². The van der Waals surface area contributed by atoms with Crippen molar-refractivity contribution in [3.05, 3.63) is 112 Å². The molecular formula is C31H26ClF6N3O2. The van der Waals surface area contributed by atoms with Gasteiger partial charge in [-0.3, -0.25) is 9.59 Å². The second-order valence-corrected chi connectivity index (χ2v) is 10.5. The summed E-state index contributed by atoms with van der Waals surface area (Å²) in [4.78, 5) is 27.3. The van der Waals surface area contributed by atoms with Crippen LogP contribution in [0, 0.1) is 6.92 Å². The number of hydrogen-bond donors (Lipinski definition) is 1. The number of carbonyl (C=O) groups excluding carboxylic acids is 2. The lowest BCUT2D eigenvalue weighted by atomic mass is 10.0. The van der Waals surface area contributed by atoms with Crippen molar-refractivity contribution in [2.45, 2.75) is 31.7 Å². The summed E-state index contributed by atoms with van der Waals surface area (Å²) in [5, 5.41) is 4.01. The number of para-hydroxylation sites is 1. The van der Waals surface area contributed by atoms with Gasteiger partial charge in [0, 0.05) is 53.5 Å². The first kappa shape index (κ1) is 31.7. The molecule has 1 atom stereocenters. The molecule has 2 amide bonds. The fourth-order valence-electron chi connectivity index (χ4n) is 4.72. The lowest BCUT2D eigenvalue weighted by molar-refractivity contribution is -0.143. The zero-order chi connectivity index (χ0) is 31.7. The molecule has 1 unspecified atom stereocenters. The van der Waals surface area contributed by atoms with Crippen LogP contribution in [-0.4, -0.2) is 34.4 Å². The minimum Gasteiger partial charge on any atom is -0.350 e. The number of halogens is 7. The van der Waals surface area contributed by atoms with Crippen LogP contribution in [-0.2, 0) is 30.6 Å². The molecule has 43 heavy (non-hydrogen) atoms. The van der Waals surface area contributed by atoms with Crippen LogP contribution >= 0.6 is 11.6 Å². The number of likely N-dealkylation sites (N-methyl/N-ethyl adjacent to an activating group) is 1. The van der Waals surface area contributed by atoms with Crippen LogP contribution < -0.4 is 5.32 Å². The Labute approximate surface area is 248 Å². The van der Waals surface area contributed by atoms with E-state index in [2.05, 4.69) is 5.32 Å². The number of benzene rings is 3. The van der Waals surface area contributed by atoms with Crippen molar-refractivity contribution in [1.82, 2.24) is 9.47 Å². The van der Waals surface area contributed by atoms with Crippen molar-refractivity contribution in [1.29, 1.82) is 0 Å². The fourth-order valence-corrected chi connectivity index (χ4v) is 4.95. The number of anilines is 1. The van der Waals surface area contributed by atoms with E-state index in [1.54, 1.807) is 25.1 Å². The van der Waals surface area contributed by atoms with Gasteiger partial charge in [0.2, 0.25) is 5.91 Å². The van der Waals surface area contributed by atoms with Gasteiger partial charge in [-0.15, -0.1) is 0 Å². The zero-order valence-corrected chi connectivity index (χ0v) is 23.9.